The fourth-order valence-electron chi connectivity index (χ4n) is 1.40. The Morgan fingerprint density at radius 2 is 2.35 bits per heavy atom. The highest BCUT2D eigenvalue weighted by Crippen LogP contribution is 2.06. The zero-order valence-corrected chi connectivity index (χ0v) is 9.84. The monoisotopic (exact) mass is 250 g/mol. The number of halogens is 1. The van der Waals surface area contributed by atoms with Crippen LogP contribution >= 0.6 is 11.3 Å². The van der Waals surface area contributed by atoms with Gasteiger partial charge in [0.15, 0.2) is 0 Å². The van der Waals surface area contributed by atoms with E-state index in [0.29, 0.717) is 12.1 Å². The summed E-state index contributed by atoms with van der Waals surface area (Å²) in [6.07, 6.45) is 2.52. The van der Waals surface area contributed by atoms with Crippen LogP contribution in [-0.4, -0.2) is 17.4 Å². The van der Waals surface area contributed by atoms with Crippen molar-refractivity contribution in [1.82, 2.24) is 10.3 Å². The van der Waals surface area contributed by atoms with Crippen LogP contribution in [0.3, 0.4) is 0 Å². The number of aromatic nitrogens is 1. The van der Waals surface area contributed by atoms with Crippen molar-refractivity contribution in [2.75, 3.05) is 6.54 Å². The molecule has 0 saturated carbocycles. The van der Waals surface area contributed by atoms with Crippen LogP contribution in [0.1, 0.15) is 15.2 Å². The Bertz CT molecular complexity index is 499. The zero-order valence-electron chi connectivity index (χ0n) is 9.02. The lowest BCUT2D eigenvalue weighted by molar-refractivity contribution is 0.0953. The lowest BCUT2D eigenvalue weighted by Crippen LogP contribution is -2.25. The van der Waals surface area contributed by atoms with Gasteiger partial charge < -0.3 is 5.32 Å². The maximum absolute atomic E-state index is 12.9. The Hall–Kier alpha value is -1.75. The van der Waals surface area contributed by atoms with Crippen LogP contribution in [0.2, 0.25) is 0 Å². The van der Waals surface area contributed by atoms with Crippen LogP contribution in [0, 0.1) is 5.82 Å². The third-order valence-electron chi connectivity index (χ3n) is 2.23. The molecule has 1 aromatic heterocycles. The van der Waals surface area contributed by atoms with E-state index >= 15 is 0 Å². The number of carbonyl (C=O) groups is 1. The molecule has 0 aliphatic rings. The van der Waals surface area contributed by atoms with Gasteiger partial charge in [-0.15, -0.1) is 11.3 Å². The van der Waals surface area contributed by atoms with Crippen molar-refractivity contribution >= 4 is 17.2 Å². The van der Waals surface area contributed by atoms with Gasteiger partial charge in [-0.05, 0) is 18.2 Å². The minimum atomic E-state index is -0.403. The molecule has 17 heavy (non-hydrogen) atoms. The molecule has 0 saturated heterocycles. The number of thiazole rings is 1. The Morgan fingerprint density at radius 1 is 1.47 bits per heavy atom. The first-order chi connectivity index (χ1) is 8.25. The number of rotatable bonds is 4. The molecule has 1 heterocycles. The van der Waals surface area contributed by atoms with Gasteiger partial charge in [0.25, 0.3) is 5.91 Å². The quantitative estimate of drug-likeness (QED) is 0.904. The average molecular weight is 250 g/mol. The molecule has 0 bridgehead atoms. The van der Waals surface area contributed by atoms with E-state index in [1.807, 2.05) is 0 Å². The second kappa shape index (κ2) is 5.54. The fraction of sp³-hybridized carbons (Fsp3) is 0.167. The van der Waals surface area contributed by atoms with Crippen LogP contribution in [-0.2, 0) is 6.42 Å². The van der Waals surface area contributed by atoms with Crippen LogP contribution in [0.5, 0.6) is 0 Å². The first-order valence-corrected chi connectivity index (χ1v) is 6.05. The molecule has 0 spiro atoms. The van der Waals surface area contributed by atoms with Gasteiger partial charge in [0.2, 0.25) is 0 Å². The predicted octanol–water partition coefficient (Wildman–Crippen LogP) is 2.25. The summed E-state index contributed by atoms with van der Waals surface area (Å²) in [4.78, 5) is 16.7. The van der Waals surface area contributed by atoms with Gasteiger partial charge in [0, 0.05) is 29.6 Å². The van der Waals surface area contributed by atoms with Crippen molar-refractivity contribution in [2.45, 2.75) is 6.42 Å². The maximum atomic E-state index is 12.9. The summed E-state index contributed by atoms with van der Waals surface area (Å²) in [6, 6.07) is 5.65. The normalized spacial score (nSPS) is 10.2. The van der Waals surface area contributed by atoms with Gasteiger partial charge in [0.1, 0.15) is 5.82 Å². The molecule has 0 unspecified atom stereocenters. The molecule has 1 amide bonds. The van der Waals surface area contributed by atoms with E-state index in [2.05, 4.69) is 10.3 Å². The summed E-state index contributed by atoms with van der Waals surface area (Å²) < 4.78 is 12.9. The average Bonchev–Trinajstić information content (AvgIpc) is 2.82. The highest BCUT2D eigenvalue weighted by Gasteiger charge is 2.05. The topological polar surface area (TPSA) is 42.0 Å². The van der Waals surface area contributed by atoms with E-state index in [-0.39, 0.29) is 5.91 Å². The Labute approximate surface area is 102 Å². The highest BCUT2D eigenvalue weighted by molar-refractivity contribution is 7.09. The molecular weight excluding hydrogens is 239 g/mol. The maximum Gasteiger partial charge on any atom is 0.251 e. The third kappa shape index (κ3) is 3.35. The smallest absolute Gasteiger partial charge is 0.251 e. The van der Waals surface area contributed by atoms with E-state index in [1.54, 1.807) is 29.1 Å². The number of benzene rings is 1. The lowest BCUT2D eigenvalue weighted by Gasteiger charge is -2.03. The molecule has 1 aromatic carbocycles. The first kappa shape index (κ1) is 11.7. The molecule has 3 nitrogen and oxygen atoms in total. The molecule has 88 valence electrons. The molecule has 0 atom stereocenters. The van der Waals surface area contributed by atoms with Crippen molar-refractivity contribution in [1.29, 1.82) is 0 Å². The number of nitrogens with one attached hydrogen (secondary N) is 1. The summed E-state index contributed by atoms with van der Waals surface area (Å²) >= 11 is 1.55. The number of hydrogen-bond donors (Lipinski definition) is 1. The van der Waals surface area contributed by atoms with Gasteiger partial charge in [-0.3, -0.25) is 9.78 Å². The standard InChI is InChI=1S/C12H11FN2OS/c13-10-3-1-2-9(6-10)12(16)15-5-4-11-7-14-8-17-11/h1-3,6-8H,4-5H2,(H,15,16). The summed E-state index contributed by atoms with van der Waals surface area (Å²) in [5.74, 6) is -0.658. The fourth-order valence-corrected chi connectivity index (χ4v) is 2.00. The molecule has 2 aromatic rings. The predicted molar refractivity (Wildman–Crippen MR) is 64.6 cm³/mol. The molecule has 5 heteroatoms. The molecule has 0 radical (unpaired) electrons. The summed E-state index contributed by atoms with van der Waals surface area (Å²) in [7, 11) is 0. The van der Waals surface area contributed by atoms with Crippen LogP contribution < -0.4 is 5.32 Å². The molecule has 0 aliphatic heterocycles. The van der Waals surface area contributed by atoms with Crippen molar-refractivity contribution < 1.29 is 9.18 Å². The minimum Gasteiger partial charge on any atom is -0.352 e. The number of carbonyl (C=O) groups excluding carboxylic acids is 1. The van der Waals surface area contributed by atoms with E-state index in [4.69, 9.17) is 0 Å². The van der Waals surface area contributed by atoms with Crippen LogP contribution in [0.4, 0.5) is 4.39 Å². The SMILES string of the molecule is O=C(NCCc1cncs1)c1cccc(F)c1. The summed E-state index contributed by atoms with van der Waals surface area (Å²) in [6.45, 7) is 0.525. The largest absolute Gasteiger partial charge is 0.352 e. The van der Waals surface area contributed by atoms with Gasteiger partial charge in [0.05, 0.1) is 5.51 Å². The van der Waals surface area contributed by atoms with Gasteiger partial charge in [-0.1, -0.05) is 6.07 Å². The molecule has 2 rings (SSSR count). The molecule has 0 aliphatic carbocycles. The van der Waals surface area contributed by atoms with E-state index in [9.17, 15) is 9.18 Å². The summed E-state index contributed by atoms with van der Waals surface area (Å²) in [5.41, 5.74) is 2.10. The number of amides is 1. The van der Waals surface area contributed by atoms with Crippen molar-refractivity contribution in [3.05, 3.63) is 52.2 Å². The van der Waals surface area contributed by atoms with Crippen molar-refractivity contribution in [3.63, 3.8) is 0 Å². The molecular formula is C12H11FN2OS. The highest BCUT2D eigenvalue weighted by atomic mass is 32.1. The zero-order chi connectivity index (χ0) is 12.1. The van der Waals surface area contributed by atoms with E-state index in [1.165, 1.54) is 18.2 Å². The Balaban J connectivity index is 1.85. The summed E-state index contributed by atoms with van der Waals surface area (Å²) in [5, 5.41) is 2.74. The Kier molecular flexibility index (Phi) is 3.82. The lowest BCUT2D eigenvalue weighted by atomic mass is 10.2. The Morgan fingerprint density at radius 3 is 3.06 bits per heavy atom. The molecule has 0 fully saturated rings. The third-order valence-corrected chi connectivity index (χ3v) is 3.07. The first-order valence-electron chi connectivity index (χ1n) is 5.17. The van der Waals surface area contributed by atoms with Gasteiger partial charge >= 0.3 is 0 Å². The van der Waals surface area contributed by atoms with E-state index in [0.717, 1.165) is 11.3 Å². The van der Waals surface area contributed by atoms with Gasteiger partial charge in [-0.25, -0.2) is 4.39 Å². The van der Waals surface area contributed by atoms with Crippen molar-refractivity contribution in [3.8, 4) is 0 Å². The van der Waals surface area contributed by atoms with Crippen molar-refractivity contribution in [2.24, 2.45) is 0 Å². The van der Waals surface area contributed by atoms with Crippen LogP contribution in [0.15, 0.2) is 36.0 Å². The minimum absolute atomic E-state index is 0.256. The molecule has 1 N–H and O–H groups in total. The second-order valence-electron chi connectivity index (χ2n) is 3.48. The number of nitrogens with zero attached hydrogens (tertiary/aromatic N) is 1. The second-order valence-corrected chi connectivity index (χ2v) is 4.45. The van der Waals surface area contributed by atoms with Gasteiger partial charge in [-0.2, -0.15) is 0 Å². The van der Waals surface area contributed by atoms with Crippen LogP contribution in [0.25, 0.3) is 0 Å². The number of hydrogen-bond acceptors (Lipinski definition) is 3. The van der Waals surface area contributed by atoms with E-state index < -0.39 is 5.82 Å².